The van der Waals surface area contributed by atoms with E-state index < -0.39 is 47.4 Å². The summed E-state index contributed by atoms with van der Waals surface area (Å²) in [5, 5.41) is 13.8. The van der Waals surface area contributed by atoms with Crippen LogP contribution in [-0.2, 0) is 20.5 Å². The molecule has 3 aliphatic heterocycles. The van der Waals surface area contributed by atoms with E-state index in [0.29, 0.717) is 41.7 Å². The van der Waals surface area contributed by atoms with Crippen LogP contribution in [0.2, 0.25) is 0 Å². The van der Waals surface area contributed by atoms with E-state index >= 15 is 0 Å². The average molecular weight is 831 g/mol. The number of carbonyl (C=O) groups excluding carboxylic acids is 5. The monoisotopic (exact) mass is 830 g/mol. The normalized spacial score (nSPS) is 22.5. The third-order valence-corrected chi connectivity index (χ3v) is 11.8. The first-order valence-electron chi connectivity index (χ1n) is 20.2. The SMILES string of the molecule is COc1cc2nn([C@H]3CC[C@H](CN4CCO[C@@H](CCCNc5cccc6c5C(=O)N(C5CCC(=O)NC5=O)C6=O)C4)CC3)cc2cc1NC(=O)c1cccc(C(F)(F)F)n1. The van der Waals surface area contributed by atoms with Gasteiger partial charge in [0.25, 0.3) is 17.7 Å². The molecule has 60 heavy (non-hydrogen) atoms. The largest absolute Gasteiger partial charge is 0.494 e. The lowest BCUT2D eigenvalue weighted by Crippen LogP contribution is -2.54. The van der Waals surface area contributed by atoms with Crippen LogP contribution in [0, 0.1) is 5.92 Å². The first kappa shape index (κ1) is 40.9. The Morgan fingerprint density at radius 1 is 1.00 bits per heavy atom. The second-order valence-electron chi connectivity index (χ2n) is 15.8. The fourth-order valence-corrected chi connectivity index (χ4v) is 8.72. The van der Waals surface area contributed by atoms with E-state index in [1.165, 1.54) is 13.2 Å². The Kier molecular flexibility index (Phi) is 11.6. The number of hydrogen-bond donors (Lipinski definition) is 3. The quantitative estimate of drug-likeness (QED) is 0.123. The second-order valence-corrected chi connectivity index (χ2v) is 15.8. The number of piperidine rings is 1. The molecule has 0 bridgehead atoms. The summed E-state index contributed by atoms with van der Waals surface area (Å²) in [6, 6.07) is 10.8. The van der Waals surface area contributed by atoms with Crippen LogP contribution in [0.4, 0.5) is 24.5 Å². The molecule has 1 aliphatic carbocycles. The van der Waals surface area contributed by atoms with Gasteiger partial charge in [-0.25, -0.2) is 4.98 Å². The van der Waals surface area contributed by atoms with E-state index in [1.807, 2.05) is 10.9 Å². The van der Waals surface area contributed by atoms with Crippen molar-refractivity contribution in [2.75, 3.05) is 50.5 Å². The molecule has 8 rings (SSSR count). The molecular formula is C42H45F3N8O7. The first-order chi connectivity index (χ1) is 28.9. The maximum Gasteiger partial charge on any atom is 0.433 e. The van der Waals surface area contributed by atoms with Gasteiger partial charge in [-0.1, -0.05) is 12.1 Å². The molecule has 2 aromatic heterocycles. The molecule has 15 nitrogen and oxygen atoms in total. The number of rotatable bonds is 12. The minimum atomic E-state index is -4.68. The number of pyridine rings is 1. The van der Waals surface area contributed by atoms with Crippen LogP contribution in [-0.4, -0.2) is 106 Å². The molecule has 3 fully saturated rings. The number of benzene rings is 2. The molecule has 2 saturated heterocycles. The van der Waals surface area contributed by atoms with Crippen LogP contribution in [0.5, 0.6) is 5.75 Å². The molecule has 0 spiro atoms. The van der Waals surface area contributed by atoms with E-state index in [9.17, 15) is 37.1 Å². The average Bonchev–Trinajstić information content (AvgIpc) is 3.76. The van der Waals surface area contributed by atoms with Crippen LogP contribution in [0.3, 0.4) is 0 Å². The van der Waals surface area contributed by atoms with Gasteiger partial charge in [0.05, 0.1) is 48.2 Å². The highest BCUT2D eigenvalue weighted by Gasteiger charge is 2.45. The van der Waals surface area contributed by atoms with Crippen molar-refractivity contribution in [3.63, 3.8) is 0 Å². The van der Waals surface area contributed by atoms with Gasteiger partial charge in [-0.15, -0.1) is 0 Å². The van der Waals surface area contributed by atoms with Crippen molar-refractivity contribution < 1.29 is 46.6 Å². The third-order valence-electron chi connectivity index (χ3n) is 11.8. The standard InChI is InChI=1S/C42H45F3N8O7/c1-59-34-20-31-25(19-32(34)48-38(55)30-8-3-9-35(47-30)42(43,44)45)22-52(50-31)26-12-10-24(11-13-26)21-51-17-18-60-27(23-51)5-4-16-46-29-7-2-6-28-37(29)41(58)53(40(28)57)33-14-15-36(54)49-39(33)56/h2-3,6-9,19-20,22,24,26-27,33,46H,4-5,10-18,21,23H2,1H3,(H,48,55)(H,49,54,56)/t24-,26-,27-,33?/m0/s1. The summed E-state index contributed by atoms with van der Waals surface area (Å²) in [7, 11) is 1.44. The zero-order valence-electron chi connectivity index (χ0n) is 32.9. The van der Waals surface area contributed by atoms with Crippen LogP contribution in [0.25, 0.3) is 10.9 Å². The van der Waals surface area contributed by atoms with Crippen molar-refractivity contribution in [1.29, 1.82) is 0 Å². The van der Waals surface area contributed by atoms with E-state index in [2.05, 4.69) is 25.8 Å². The van der Waals surface area contributed by atoms with Crippen molar-refractivity contribution in [1.82, 2.24) is 29.9 Å². The van der Waals surface area contributed by atoms with Crippen molar-refractivity contribution in [2.24, 2.45) is 5.92 Å². The van der Waals surface area contributed by atoms with Gasteiger partial charge < -0.3 is 20.1 Å². The Hall–Kier alpha value is -5.88. The summed E-state index contributed by atoms with van der Waals surface area (Å²) in [6.07, 6.45) is 3.02. The number of anilines is 2. The minimum absolute atomic E-state index is 0.0614. The summed E-state index contributed by atoms with van der Waals surface area (Å²) in [5.74, 6) is -2.07. The van der Waals surface area contributed by atoms with Crippen molar-refractivity contribution in [2.45, 2.75) is 75.7 Å². The van der Waals surface area contributed by atoms with Gasteiger partial charge in [0, 0.05) is 55.9 Å². The number of imide groups is 2. The molecule has 1 saturated carbocycles. The van der Waals surface area contributed by atoms with E-state index in [4.69, 9.17) is 14.6 Å². The molecule has 316 valence electrons. The molecule has 4 aromatic rings. The lowest BCUT2D eigenvalue weighted by molar-refractivity contribution is -0.141. The number of aromatic nitrogens is 3. The first-order valence-corrected chi connectivity index (χ1v) is 20.2. The zero-order chi connectivity index (χ0) is 42.1. The number of halogens is 3. The summed E-state index contributed by atoms with van der Waals surface area (Å²) in [4.78, 5) is 70.5. The van der Waals surface area contributed by atoms with Gasteiger partial charge in [0.15, 0.2) is 0 Å². The number of morpholine rings is 1. The molecule has 3 N–H and O–H groups in total. The number of nitrogens with zero attached hydrogens (tertiary/aromatic N) is 5. The Balaban J connectivity index is 0.803. The highest BCUT2D eigenvalue weighted by Crippen LogP contribution is 2.37. The van der Waals surface area contributed by atoms with Gasteiger partial charge in [0.2, 0.25) is 11.8 Å². The number of nitrogens with one attached hydrogen (secondary N) is 3. The van der Waals surface area contributed by atoms with Crippen LogP contribution >= 0.6 is 0 Å². The molecule has 4 aliphatic rings. The lowest BCUT2D eigenvalue weighted by atomic mass is 9.85. The minimum Gasteiger partial charge on any atom is -0.494 e. The Bertz CT molecular complexity index is 2330. The second kappa shape index (κ2) is 17.0. The predicted molar refractivity (Wildman–Crippen MR) is 211 cm³/mol. The Labute approximate surface area is 342 Å². The molecule has 2 atom stereocenters. The Morgan fingerprint density at radius 2 is 1.80 bits per heavy atom. The van der Waals surface area contributed by atoms with E-state index in [0.717, 1.165) is 80.6 Å². The number of hydrogen-bond acceptors (Lipinski definition) is 11. The topological polar surface area (TPSA) is 177 Å². The summed E-state index contributed by atoms with van der Waals surface area (Å²) in [5.41, 5.74) is 0.476. The van der Waals surface area contributed by atoms with Crippen molar-refractivity contribution in [3.8, 4) is 5.75 Å². The van der Waals surface area contributed by atoms with Crippen LogP contribution < -0.4 is 20.7 Å². The van der Waals surface area contributed by atoms with Gasteiger partial charge in [-0.2, -0.15) is 18.3 Å². The number of carbonyl (C=O) groups is 5. The summed E-state index contributed by atoms with van der Waals surface area (Å²) < 4.78 is 53.1. The Morgan fingerprint density at radius 3 is 2.57 bits per heavy atom. The fraction of sp³-hybridized carbons (Fsp3) is 0.452. The third kappa shape index (κ3) is 8.56. The van der Waals surface area contributed by atoms with Crippen LogP contribution in [0.15, 0.2) is 54.7 Å². The number of amides is 5. The van der Waals surface area contributed by atoms with Gasteiger partial charge in [-0.05, 0) is 81.2 Å². The maximum absolute atomic E-state index is 13.4. The van der Waals surface area contributed by atoms with Crippen molar-refractivity contribution >= 4 is 51.8 Å². The molecular weight excluding hydrogens is 786 g/mol. The molecule has 0 radical (unpaired) electrons. The van der Waals surface area contributed by atoms with Gasteiger partial charge >= 0.3 is 6.18 Å². The van der Waals surface area contributed by atoms with Crippen LogP contribution in [0.1, 0.15) is 94.3 Å². The van der Waals surface area contributed by atoms with Gasteiger partial charge in [0.1, 0.15) is 23.2 Å². The number of alkyl halides is 3. The maximum atomic E-state index is 13.4. The van der Waals surface area contributed by atoms with E-state index in [-0.39, 0.29) is 41.8 Å². The highest BCUT2D eigenvalue weighted by atomic mass is 19.4. The number of fused-ring (bicyclic) bond motifs is 2. The molecule has 1 unspecified atom stereocenters. The number of methoxy groups -OCH3 is 1. The summed E-state index contributed by atoms with van der Waals surface area (Å²) >= 11 is 0. The lowest BCUT2D eigenvalue weighted by Gasteiger charge is -2.37. The molecule has 18 heteroatoms. The molecule has 5 heterocycles. The molecule has 2 aromatic carbocycles. The highest BCUT2D eigenvalue weighted by molar-refractivity contribution is 6.25. The number of ether oxygens (including phenoxy) is 2. The molecule has 5 amide bonds. The zero-order valence-corrected chi connectivity index (χ0v) is 32.9. The van der Waals surface area contributed by atoms with Crippen molar-refractivity contribution in [3.05, 3.63) is 77.2 Å². The smallest absolute Gasteiger partial charge is 0.433 e. The summed E-state index contributed by atoms with van der Waals surface area (Å²) in [6.45, 7) is 3.86. The van der Waals surface area contributed by atoms with Gasteiger partial charge in [-0.3, -0.25) is 43.8 Å². The van der Waals surface area contributed by atoms with E-state index in [1.54, 1.807) is 30.3 Å². The predicted octanol–water partition coefficient (Wildman–Crippen LogP) is 5.44. The fourth-order valence-electron chi connectivity index (χ4n) is 8.72.